The van der Waals surface area contributed by atoms with Crippen LogP contribution in [0.3, 0.4) is 0 Å². The maximum atomic E-state index is 14.6. The molecule has 0 radical (unpaired) electrons. The predicted octanol–water partition coefficient (Wildman–Crippen LogP) is 6.63. The van der Waals surface area contributed by atoms with Crippen molar-refractivity contribution in [3.63, 3.8) is 0 Å². The van der Waals surface area contributed by atoms with Gasteiger partial charge in [0.05, 0.1) is 10.6 Å². The Morgan fingerprint density at radius 2 is 1.47 bits per heavy atom. The highest BCUT2D eigenvalue weighted by molar-refractivity contribution is 7.92. The maximum absolute atomic E-state index is 14.6. The number of carbonyl (C=O) groups is 2. The number of halogens is 1. The van der Waals surface area contributed by atoms with E-state index in [9.17, 15) is 18.0 Å². The molecule has 1 unspecified atom stereocenters. The number of sulfonamides is 1. The van der Waals surface area contributed by atoms with Gasteiger partial charge in [0, 0.05) is 24.0 Å². The van der Waals surface area contributed by atoms with E-state index in [-0.39, 0.29) is 29.8 Å². The van der Waals surface area contributed by atoms with Crippen LogP contribution >= 0.6 is 11.6 Å². The van der Waals surface area contributed by atoms with Gasteiger partial charge in [0.1, 0.15) is 12.6 Å². The van der Waals surface area contributed by atoms with Crippen LogP contribution in [-0.2, 0) is 32.6 Å². The van der Waals surface area contributed by atoms with Gasteiger partial charge in [-0.05, 0) is 87.2 Å². The molecule has 0 aromatic heterocycles. The molecule has 7 nitrogen and oxygen atoms in total. The topological polar surface area (TPSA) is 86.8 Å². The number of benzene rings is 4. The van der Waals surface area contributed by atoms with Gasteiger partial charge in [-0.1, -0.05) is 83.9 Å². The van der Waals surface area contributed by atoms with Crippen molar-refractivity contribution in [1.82, 2.24) is 10.2 Å². The lowest BCUT2D eigenvalue weighted by molar-refractivity contribution is -0.140. The van der Waals surface area contributed by atoms with Gasteiger partial charge in [0.2, 0.25) is 11.8 Å². The molecule has 4 aromatic rings. The molecule has 9 heteroatoms. The normalized spacial score (nSPS) is 12.1. The third-order valence-corrected chi connectivity index (χ3v) is 9.69. The fourth-order valence-electron chi connectivity index (χ4n) is 5.12. The smallest absolute Gasteiger partial charge is 0.264 e. The molecule has 1 atom stereocenters. The van der Waals surface area contributed by atoms with E-state index in [1.165, 1.54) is 4.90 Å². The number of nitrogens with one attached hydrogen (secondary N) is 1. The zero-order valence-electron chi connectivity index (χ0n) is 26.3. The van der Waals surface area contributed by atoms with Gasteiger partial charge in [-0.25, -0.2) is 8.42 Å². The van der Waals surface area contributed by atoms with E-state index in [2.05, 4.69) is 5.32 Å². The number of rotatable bonds is 12. The van der Waals surface area contributed by atoms with E-state index in [0.29, 0.717) is 16.3 Å². The molecule has 4 aromatic carbocycles. The second kappa shape index (κ2) is 14.8. The van der Waals surface area contributed by atoms with Gasteiger partial charge in [-0.2, -0.15) is 0 Å². The average Bonchev–Trinajstić information content (AvgIpc) is 2.99. The summed E-state index contributed by atoms with van der Waals surface area (Å²) in [5.74, 6) is -0.852. The first-order valence-corrected chi connectivity index (χ1v) is 16.7. The predicted molar refractivity (Wildman–Crippen MR) is 181 cm³/mol. The summed E-state index contributed by atoms with van der Waals surface area (Å²) in [5.41, 5.74) is 4.52. The Labute approximate surface area is 271 Å². The Kier molecular flexibility index (Phi) is 11.1. The molecule has 236 valence electrons. The number of hydrogen-bond acceptors (Lipinski definition) is 4. The minimum atomic E-state index is -4.18. The fraction of sp³-hybridized carbons (Fsp3) is 0.278. The van der Waals surface area contributed by atoms with E-state index in [0.717, 1.165) is 26.6 Å². The molecule has 0 heterocycles. The molecule has 0 fully saturated rings. The third kappa shape index (κ3) is 8.53. The van der Waals surface area contributed by atoms with E-state index in [4.69, 9.17) is 11.6 Å². The van der Waals surface area contributed by atoms with Gasteiger partial charge < -0.3 is 10.2 Å². The highest BCUT2D eigenvalue weighted by Gasteiger charge is 2.35. The van der Waals surface area contributed by atoms with Gasteiger partial charge in [-0.15, -0.1) is 0 Å². The lowest BCUT2D eigenvalue weighted by Gasteiger charge is -2.34. The molecule has 0 saturated heterocycles. The van der Waals surface area contributed by atoms with Crippen LogP contribution < -0.4 is 9.62 Å². The summed E-state index contributed by atoms with van der Waals surface area (Å²) in [6, 6.07) is 27.4. The van der Waals surface area contributed by atoms with E-state index < -0.39 is 28.5 Å². The molecule has 0 aliphatic carbocycles. The van der Waals surface area contributed by atoms with Crippen LogP contribution in [0.5, 0.6) is 0 Å². The molecule has 1 N–H and O–H groups in total. The molecule has 45 heavy (non-hydrogen) atoms. The molecule has 0 bridgehead atoms. The molecule has 0 spiro atoms. The third-order valence-electron chi connectivity index (χ3n) is 7.68. The average molecular weight is 646 g/mol. The summed E-state index contributed by atoms with van der Waals surface area (Å²) < 4.78 is 29.7. The Balaban J connectivity index is 1.84. The molecule has 4 rings (SSSR count). The first-order valence-electron chi connectivity index (χ1n) is 14.9. The number of carbonyl (C=O) groups excluding carboxylic acids is 2. The second-order valence-corrected chi connectivity index (χ2v) is 13.9. The van der Waals surface area contributed by atoms with Crippen LogP contribution in [0.1, 0.15) is 41.7 Å². The van der Waals surface area contributed by atoms with Crippen molar-refractivity contribution in [2.24, 2.45) is 0 Å². The highest BCUT2D eigenvalue weighted by Crippen LogP contribution is 2.29. The van der Waals surface area contributed by atoms with Crippen LogP contribution in [0.15, 0.2) is 102 Å². The van der Waals surface area contributed by atoms with Crippen molar-refractivity contribution in [3.8, 4) is 0 Å². The SMILES string of the molecule is Cc1ccc(S(=O)(=O)N(CC(=O)N(Cc2cccc(Cl)c2)C(Cc2ccccc2)C(=O)NC(C)C)c2cccc(C)c2C)cc1. The zero-order valence-corrected chi connectivity index (χ0v) is 27.9. The number of aryl methyl sites for hydroxylation is 2. The van der Waals surface area contributed by atoms with Crippen molar-refractivity contribution in [1.29, 1.82) is 0 Å². The second-order valence-electron chi connectivity index (χ2n) is 11.6. The van der Waals surface area contributed by atoms with Gasteiger partial charge >= 0.3 is 0 Å². The van der Waals surface area contributed by atoms with Crippen LogP contribution in [0.25, 0.3) is 0 Å². The standard InChI is InChI=1S/C36H40ClN3O4S/c1-25(2)38-36(42)34(22-29-12-7-6-8-13-29)39(23-30-14-10-15-31(37)21-30)35(41)24-40(33-16-9-11-27(4)28(33)5)45(43,44)32-19-17-26(3)18-20-32/h6-21,25,34H,22-24H2,1-5H3,(H,38,42). The van der Waals surface area contributed by atoms with Crippen LogP contribution in [-0.4, -0.2) is 43.8 Å². The molecule has 0 aliphatic rings. The minimum absolute atomic E-state index is 0.0492. The summed E-state index contributed by atoms with van der Waals surface area (Å²) in [6.07, 6.45) is 0.236. The molecular formula is C36H40ClN3O4S. The Morgan fingerprint density at radius 1 is 0.822 bits per heavy atom. The highest BCUT2D eigenvalue weighted by atomic mass is 35.5. The monoisotopic (exact) mass is 645 g/mol. The number of anilines is 1. The summed E-state index contributed by atoms with van der Waals surface area (Å²) in [4.78, 5) is 29.9. The summed E-state index contributed by atoms with van der Waals surface area (Å²) in [5, 5.41) is 3.46. The summed E-state index contributed by atoms with van der Waals surface area (Å²) in [6.45, 7) is 8.87. The van der Waals surface area contributed by atoms with Crippen molar-refractivity contribution in [3.05, 3.63) is 130 Å². The lowest BCUT2D eigenvalue weighted by atomic mass is 10.0. The first kappa shape index (κ1) is 33.7. The van der Waals surface area contributed by atoms with Crippen LogP contribution in [0, 0.1) is 20.8 Å². The van der Waals surface area contributed by atoms with Crippen LogP contribution in [0.2, 0.25) is 5.02 Å². The number of hydrogen-bond donors (Lipinski definition) is 1. The van der Waals surface area contributed by atoms with Gasteiger partial charge in [0.15, 0.2) is 0 Å². The number of amides is 2. The van der Waals surface area contributed by atoms with E-state index in [1.807, 2.05) is 77.1 Å². The van der Waals surface area contributed by atoms with Crippen molar-refractivity contribution in [2.45, 2.75) is 64.6 Å². The van der Waals surface area contributed by atoms with Crippen molar-refractivity contribution < 1.29 is 18.0 Å². The largest absolute Gasteiger partial charge is 0.352 e. The first-order chi connectivity index (χ1) is 21.4. The Hall–Kier alpha value is -4.14. The van der Waals surface area contributed by atoms with Crippen molar-refractivity contribution in [2.75, 3.05) is 10.8 Å². The fourth-order valence-corrected chi connectivity index (χ4v) is 6.81. The van der Waals surface area contributed by atoms with E-state index >= 15 is 0 Å². The maximum Gasteiger partial charge on any atom is 0.264 e. The van der Waals surface area contributed by atoms with Gasteiger partial charge in [0.25, 0.3) is 10.0 Å². The van der Waals surface area contributed by atoms with E-state index in [1.54, 1.807) is 54.6 Å². The molecule has 0 saturated carbocycles. The lowest BCUT2D eigenvalue weighted by Crippen LogP contribution is -2.54. The zero-order chi connectivity index (χ0) is 32.7. The van der Waals surface area contributed by atoms with Gasteiger partial charge in [-0.3, -0.25) is 13.9 Å². The molecule has 0 aliphatic heterocycles. The van der Waals surface area contributed by atoms with Crippen LogP contribution in [0.4, 0.5) is 5.69 Å². The Morgan fingerprint density at radius 3 is 2.11 bits per heavy atom. The Bertz CT molecular complexity index is 1740. The summed E-state index contributed by atoms with van der Waals surface area (Å²) in [7, 11) is -4.18. The molecular weight excluding hydrogens is 606 g/mol. The minimum Gasteiger partial charge on any atom is -0.352 e. The number of nitrogens with zero attached hydrogens (tertiary/aromatic N) is 2. The quantitative estimate of drug-likeness (QED) is 0.188. The summed E-state index contributed by atoms with van der Waals surface area (Å²) >= 11 is 6.31. The van der Waals surface area contributed by atoms with Crippen molar-refractivity contribution >= 4 is 39.1 Å². The molecule has 2 amide bonds.